The zero-order valence-corrected chi connectivity index (χ0v) is 10.2. The lowest BCUT2D eigenvalue weighted by Crippen LogP contribution is -2.41. The van der Waals surface area contributed by atoms with E-state index in [0.29, 0.717) is 12.5 Å². The molecule has 1 N–H and O–H groups in total. The SMILES string of the molecule is C#CCN=C(NCC)N(C)CC1CCOC1. The zero-order chi connectivity index (χ0) is 11.8. The van der Waals surface area contributed by atoms with Crippen molar-refractivity contribution in [3.63, 3.8) is 0 Å². The summed E-state index contributed by atoms with van der Waals surface area (Å²) < 4.78 is 5.36. The number of terminal acetylenes is 1. The summed E-state index contributed by atoms with van der Waals surface area (Å²) in [5, 5.41) is 3.23. The Balaban J connectivity index is 2.45. The van der Waals surface area contributed by atoms with Crippen LogP contribution in [0.25, 0.3) is 0 Å². The Kier molecular flexibility index (Phi) is 5.73. The number of nitrogens with zero attached hydrogens (tertiary/aromatic N) is 2. The van der Waals surface area contributed by atoms with Gasteiger partial charge in [0.05, 0.1) is 6.61 Å². The van der Waals surface area contributed by atoms with Crippen molar-refractivity contribution >= 4 is 5.96 Å². The standard InChI is InChI=1S/C12H21N3O/c1-4-7-14-12(13-5-2)15(3)9-11-6-8-16-10-11/h1,11H,5-10H2,2-3H3,(H,13,14). The lowest BCUT2D eigenvalue weighted by Gasteiger charge is -2.24. The van der Waals surface area contributed by atoms with Gasteiger partial charge in [-0.15, -0.1) is 6.42 Å². The topological polar surface area (TPSA) is 36.9 Å². The second-order valence-electron chi connectivity index (χ2n) is 3.98. The van der Waals surface area contributed by atoms with Gasteiger partial charge < -0.3 is 15.0 Å². The molecule has 4 heteroatoms. The summed E-state index contributed by atoms with van der Waals surface area (Å²) in [5.41, 5.74) is 0. The molecule has 4 nitrogen and oxygen atoms in total. The van der Waals surface area contributed by atoms with E-state index in [9.17, 15) is 0 Å². The van der Waals surface area contributed by atoms with Gasteiger partial charge in [-0.2, -0.15) is 0 Å². The molecule has 0 aliphatic carbocycles. The third-order valence-electron chi connectivity index (χ3n) is 2.57. The van der Waals surface area contributed by atoms with Gasteiger partial charge in [0, 0.05) is 32.7 Å². The first-order valence-corrected chi connectivity index (χ1v) is 5.78. The zero-order valence-electron chi connectivity index (χ0n) is 10.2. The third-order valence-corrected chi connectivity index (χ3v) is 2.57. The van der Waals surface area contributed by atoms with Crippen LogP contribution in [-0.2, 0) is 4.74 Å². The highest BCUT2D eigenvalue weighted by molar-refractivity contribution is 5.79. The fourth-order valence-electron chi connectivity index (χ4n) is 1.79. The summed E-state index contributed by atoms with van der Waals surface area (Å²) in [6.07, 6.45) is 6.35. The first-order valence-electron chi connectivity index (χ1n) is 5.78. The smallest absolute Gasteiger partial charge is 0.194 e. The summed E-state index contributed by atoms with van der Waals surface area (Å²) in [4.78, 5) is 6.45. The van der Waals surface area contributed by atoms with Gasteiger partial charge in [-0.25, -0.2) is 4.99 Å². The molecule has 1 atom stereocenters. The van der Waals surface area contributed by atoms with Crippen molar-refractivity contribution in [2.45, 2.75) is 13.3 Å². The van der Waals surface area contributed by atoms with Crippen LogP contribution in [0.5, 0.6) is 0 Å². The van der Waals surface area contributed by atoms with Crippen molar-refractivity contribution in [1.29, 1.82) is 0 Å². The number of hydrogen-bond acceptors (Lipinski definition) is 2. The molecular formula is C12H21N3O. The summed E-state index contributed by atoms with van der Waals surface area (Å²) >= 11 is 0. The van der Waals surface area contributed by atoms with Crippen molar-refractivity contribution in [1.82, 2.24) is 10.2 Å². The molecule has 0 saturated carbocycles. The lowest BCUT2D eigenvalue weighted by molar-refractivity contribution is 0.181. The molecule has 90 valence electrons. The van der Waals surface area contributed by atoms with Gasteiger partial charge in [0.1, 0.15) is 6.54 Å². The van der Waals surface area contributed by atoms with Crippen LogP contribution < -0.4 is 5.32 Å². The molecule has 0 radical (unpaired) electrons. The van der Waals surface area contributed by atoms with E-state index in [0.717, 1.165) is 38.7 Å². The second-order valence-corrected chi connectivity index (χ2v) is 3.98. The maximum absolute atomic E-state index is 5.36. The van der Waals surface area contributed by atoms with E-state index in [2.05, 4.69) is 28.1 Å². The maximum Gasteiger partial charge on any atom is 0.194 e. The van der Waals surface area contributed by atoms with Crippen molar-refractivity contribution in [2.24, 2.45) is 10.9 Å². The predicted octanol–water partition coefficient (Wildman–Crippen LogP) is 0.553. The number of guanidine groups is 1. The van der Waals surface area contributed by atoms with Crippen LogP contribution in [0.1, 0.15) is 13.3 Å². The van der Waals surface area contributed by atoms with Crippen molar-refractivity contribution in [2.75, 3.05) is 39.9 Å². The molecule has 16 heavy (non-hydrogen) atoms. The van der Waals surface area contributed by atoms with Gasteiger partial charge in [0.15, 0.2) is 5.96 Å². The summed E-state index contributed by atoms with van der Waals surface area (Å²) in [6, 6.07) is 0. The van der Waals surface area contributed by atoms with Crippen LogP contribution >= 0.6 is 0 Å². The van der Waals surface area contributed by atoms with Crippen LogP contribution in [0.15, 0.2) is 4.99 Å². The highest BCUT2D eigenvalue weighted by Gasteiger charge is 2.18. The largest absolute Gasteiger partial charge is 0.381 e. The molecule has 0 bridgehead atoms. The summed E-state index contributed by atoms with van der Waals surface area (Å²) in [6.45, 7) is 6.05. The monoisotopic (exact) mass is 223 g/mol. The van der Waals surface area contributed by atoms with Crippen LogP contribution in [0.3, 0.4) is 0 Å². The minimum atomic E-state index is 0.424. The first kappa shape index (κ1) is 12.9. The van der Waals surface area contributed by atoms with Crippen molar-refractivity contribution in [3.8, 4) is 12.3 Å². The number of hydrogen-bond donors (Lipinski definition) is 1. The quantitative estimate of drug-likeness (QED) is 0.430. The molecule has 1 saturated heterocycles. The molecule has 1 unspecified atom stereocenters. The third kappa shape index (κ3) is 4.11. The molecule has 0 aromatic heterocycles. The fraction of sp³-hybridized carbons (Fsp3) is 0.750. The molecule has 1 aliphatic rings. The summed E-state index contributed by atoms with van der Waals surface area (Å²) in [5.74, 6) is 4.02. The normalized spacial score (nSPS) is 20.6. The molecule has 1 aliphatic heterocycles. The molecule has 0 spiro atoms. The van der Waals surface area contributed by atoms with E-state index in [1.807, 2.05) is 7.05 Å². The molecule has 0 amide bonds. The average molecular weight is 223 g/mol. The lowest BCUT2D eigenvalue weighted by atomic mass is 10.1. The average Bonchev–Trinajstić information content (AvgIpc) is 2.76. The Hall–Kier alpha value is -1.21. The van der Waals surface area contributed by atoms with Crippen LogP contribution in [-0.4, -0.2) is 50.8 Å². The first-order chi connectivity index (χ1) is 7.77. The van der Waals surface area contributed by atoms with E-state index in [4.69, 9.17) is 11.2 Å². The molecule has 0 aromatic rings. The summed E-state index contributed by atoms with van der Waals surface area (Å²) in [7, 11) is 2.04. The Morgan fingerprint density at radius 1 is 1.69 bits per heavy atom. The highest BCUT2D eigenvalue weighted by Crippen LogP contribution is 2.13. The number of nitrogens with one attached hydrogen (secondary N) is 1. The molecule has 1 heterocycles. The van der Waals surface area contributed by atoms with Crippen molar-refractivity contribution in [3.05, 3.63) is 0 Å². The molecule has 1 fully saturated rings. The molecule has 0 aromatic carbocycles. The predicted molar refractivity (Wildman–Crippen MR) is 66.4 cm³/mol. The van der Waals surface area contributed by atoms with Crippen LogP contribution in [0.4, 0.5) is 0 Å². The maximum atomic E-state index is 5.36. The Bertz CT molecular complexity index is 264. The minimum absolute atomic E-state index is 0.424. The van der Waals surface area contributed by atoms with E-state index in [1.165, 1.54) is 0 Å². The van der Waals surface area contributed by atoms with Gasteiger partial charge in [-0.3, -0.25) is 0 Å². The van der Waals surface area contributed by atoms with Crippen LogP contribution in [0, 0.1) is 18.3 Å². The van der Waals surface area contributed by atoms with Crippen molar-refractivity contribution < 1.29 is 4.74 Å². The molecular weight excluding hydrogens is 202 g/mol. The van der Waals surface area contributed by atoms with Gasteiger partial charge in [0.2, 0.25) is 0 Å². The molecule has 1 rings (SSSR count). The van der Waals surface area contributed by atoms with E-state index in [1.54, 1.807) is 0 Å². The Morgan fingerprint density at radius 3 is 3.06 bits per heavy atom. The van der Waals surface area contributed by atoms with E-state index in [-0.39, 0.29) is 0 Å². The van der Waals surface area contributed by atoms with Gasteiger partial charge in [-0.05, 0) is 13.3 Å². The van der Waals surface area contributed by atoms with Gasteiger partial charge in [0.25, 0.3) is 0 Å². The highest BCUT2D eigenvalue weighted by atomic mass is 16.5. The van der Waals surface area contributed by atoms with Gasteiger partial charge >= 0.3 is 0 Å². The van der Waals surface area contributed by atoms with Crippen LogP contribution in [0.2, 0.25) is 0 Å². The number of rotatable bonds is 4. The Labute approximate surface area is 98.1 Å². The Morgan fingerprint density at radius 2 is 2.50 bits per heavy atom. The number of ether oxygens (including phenoxy) is 1. The minimum Gasteiger partial charge on any atom is -0.381 e. The second kappa shape index (κ2) is 7.13. The van der Waals surface area contributed by atoms with E-state index >= 15 is 0 Å². The fourth-order valence-corrected chi connectivity index (χ4v) is 1.79. The van der Waals surface area contributed by atoms with E-state index < -0.39 is 0 Å². The van der Waals surface area contributed by atoms with Gasteiger partial charge in [-0.1, -0.05) is 5.92 Å². The number of aliphatic imine (C=N–C) groups is 1.